The molecule has 2 rings (SSSR count). The fraction of sp³-hybridized carbons (Fsp3) is 0.500. The number of hydrogen-bond donors (Lipinski definition) is 3. The lowest BCUT2D eigenvalue weighted by Gasteiger charge is -2.30. The molecule has 0 aromatic heterocycles. The second kappa shape index (κ2) is 12.7. The van der Waals surface area contributed by atoms with Gasteiger partial charge in [-0.05, 0) is 25.9 Å². The number of likely N-dealkylation sites (N-methyl/N-ethyl adjacent to an activating group) is 1. The fourth-order valence-corrected chi connectivity index (χ4v) is 2.48. The van der Waals surface area contributed by atoms with Gasteiger partial charge in [-0.15, -0.1) is 0 Å². The van der Waals surface area contributed by atoms with Crippen LogP contribution < -0.4 is 16.4 Å². The van der Waals surface area contributed by atoms with Crippen molar-refractivity contribution in [3.8, 4) is 0 Å². The Morgan fingerprint density at radius 1 is 1.18 bits per heavy atom. The van der Waals surface area contributed by atoms with Crippen LogP contribution in [0.2, 0.25) is 0 Å². The SMILES string of the molecule is CCCN.CCNCC(=O)NC1CCC(=O)N(CC(=O)c2ccccc2)C1=O. The van der Waals surface area contributed by atoms with Gasteiger partial charge in [-0.2, -0.15) is 0 Å². The van der Waals surface area contributed by atoms with Gasteiger partial charge in [-0.1, -0.05) is 44.2 Å². The third-order valence-electron chi connectivity index (χ3n) is 4.07. The molecule has 1 atom stereocenters. The highest BCUT2D eigenvalue weighted by atomic mass is 16.2. The number of Topliss-reactive ketones (excluding diaryl/α,β-unsaturated/α-hetero) is 1. The Balaban J connectivity index is 0.000000892. The van der Waals surface area contributed by atoms with Gasteiger partial charge in [0.05, 0.1) is 13.1 Å². The van der Waals surface area contributed by atoms with Gasteiger partial charge >= 0.3 is 0 Å². The summed E-state index contributed by atoms with van der Waals surface area (Å²) in [4.78, 5) is 49.4. The summed E-state index contributed by atoms with van der Waals surface area (Å²) in [6.07, 6.45) is 1.48. The minimum absolute atomic E-state index is 0.108. The molecule has 1 aliphatic rings. The number of likely N-dealkylation sites (tertiary alicyclic amines) is 1. The van der Waals surface area contributed by atoms with E-state index in [1.165, 1.54) is 0 Å². The highest BCUT2D eigenvalue weighted by Gasteiger charge is 2.36. The van der Waals surface area contributed by atoms with Crippen molar-refractivity contribution in [2.45, 2.75) is 39.2 Å². The van der Waals surface area contributed by atoms with Crippen molar-refractivity contribution in [3.05, 3.63) is 35.9 Å². The standard InChI is InChI=1S/C17H21N3O4.C3H9N/c1-2-18-10-15(22)19-13-8-9-16(23)20(17(13)24)11-14(21)12-6-4-3-5-7-12;1-2-3-4/h3-7,13,18H,2,8-11H2,1H3,(H,19,22);2-4H2,1H3. The van der Waals surface area contributed by atoms with Gasteiger partial charge in [0.15, 0.2) is 5.78 Å². The van der Waals surface area contributed by atoms with E-state index in [0.717, 1.165) is 17.9 Å². The molecule has 4 N–H and O–H groups in total. The second-order valence-electron chi connectivity index (χ2n) is 6.34. The Labute approximate surface area is 165 Å². The maximum atomic E-state index is 12.4. The highest BCUT2D eigenvalue weighted by Crippen LogP contribution is 2.14. The summed E-state index contributed by atoms with van der Waals surface area (Å²) >= 11 is 0. The Morgan fingerprint density at radius 2 is 1.82 bits per heavy atom. The van der Waals surface area contributed by atoms with Crippen LogP contribution in [0, 0.1) is 0 Å². The average molecular weight is 390 g/mol. The van der Waals surface area contributed by atoms with E-state index in [1.54, 1.807) is 30.3 Å². The van der Waals surface area contributed by atoms with Crippen LogP contribution in [0.1, 0.15) is 43.5 Å². The van der Waals surface area contributed by atoms with Crippen LogP contribution in [0.3, 0.4) is 0 Å². The zero-order valence-corrected chi connectivity index (χ0v) is 16.6. The number of nitrogens with one attached hydrogen (secondary N) is 2. The molecule has 1 saturated heterocycles. The Kier molecular flexibility index (Phi) is 10.7. The molecule has 154 valence electrons. The number of carbonyl (C=O) groups excluding carboxylic acids is 4. The molecule has 0 radical (unpaired) electrons. The molecule has 0 bridgehead atoms. The number of ketones is 1. The summed E-state index contributed by atoms with van der Waals surface area (Å²) in [5, 5.41) is 5.48. The fourth-order valence-electron chi connectivity index (χ4n) is 2.48. The summed E-state index contributed by atoms with van der Waals surface area (Å²) in [6.45, 7) is 5.19. The third kappa shape index (κ3) is 7.58. The van der Waals surface area contributed by atoms with Gasteiger partial charge in [-0.25, -0.2) is 0 Å². The molecule has 1 aromatic rings. The second-order valence-corrected chi connectivity index (χ2v) is 6.34. The molecular weight excluding hydrogens is 360 g/mol. The topological polar surface area (TPSA) is 122 Å². The Morgan fingerprint density at radius 3 is 2.39 bits per heavy atom. The number of amides is 3. The van der Waals surface area contributed by atoms with Crippen LogP contribution in [0.4, 0.5) is 0 Å². The predicted molar refractivity (Wildman–Crippen MR) is 107 cm³/mol. The molecule has 1 unspecified atom stereocenters. The van der Waals surface area contributed by atoms with Crippen LogP contribution in [0.25, 0.3) is 0 Å². The van der Waals surface area contributed by atoms with Crippen LogP contribution in [0.15, 0.2) is 30.3 Å². The van der Waals surface area contributed by atoms with Crippen LogP contribution in [-0.2, 0) is 14.4 Å². The molecule has 1 aliphatic heterocycles. The van der Waals surface area contributed by atoms with E-state index in [0.29, 0.717) is 12.1 Å². The van der Waals surface area contributed by atoms with Crippen LogP contribution >= 0.6 is 0 Å². The predicted octanol–water partition coefficient (Wildman–Crippen LogP) is 0.468. The summed E-state index contributed by atoms with van der Waals surface area (Å²) in [7, 11) is 0. The molecule has 3 amide bonds. The first-order valence-electron chi connectivity index (χ1n) is 9.57. The zero-order valence-electron chi connectivity index (χ0n) is 16.6. The number of nitrogens with zero attached hydrogens (tertiary/aromatic N) is 1. The summed E-state index contributed by atoms with van der Waals surface area (Å²) < 4.78 is 0. The van der Waals surface area contributed by atoms with Crippen molar-refractivity contribution in [3.63, 3.8) is 0 Å². The van der Waals surface area contributed by atoms with Gasteiger partial charge < -0.3 is 16.4 Å². The monoisotopic (exact) mass is 390 g/mol. The lowest BCUT2D eigenvalue weighted by molar-refractivity contribution is -0.150. The Bertz CT molecular complexity index is 661. The van der Waals surface area contributed by atoms with Crippen molar-refractivity contribution in [1.82, 2.24) is 15.5 Å². The van der Waals surface area contributed by atoms with Gasteiger partial charge in [0.25, 0.3) is 5.91 Å². The number of piperidine rings is 1. The molecule has 8 nitrogen and oxygen atoms in total. The van der Waals surface area contributed by atoms with E-state index in [2.05, 4.69) is 17.6 Å². The maximum Gasteiger partial charge on any atom is 0.252 e. The number of rotatable bonds is 8. The van der Waals surface area contributed by atoms with E-state index in [4.69, 9.17) is 5.73 Å². The van der Waals surface area contributed by atoms with E-state index in [9.17, 15) is 19.2 Å². The average Bonchev–Trinajstić information content (AvgIpc) is 2.72. The Hall–Kier alpha value is -2.58. The number of nitrogens with two attached hydrogens (primary N) is 1. The number of carbonyl (C=O) groups is 4. The summed E-state index contributed by atoms with van der Waals surface area (Å²) in [5.41, 5.74) is 5.47. The minimum Gasteiger partial charge on any atom is -0.343 e. The van der Waals surface area contributed by atoms with E-state index < -0.39 is 11.9 Å². The van der Waals surface area contributed by atoms with Crippen molar-refractivity contribution < 1.29 is 19.2 Å². The molecule has 8 heteroatoms. The van der Waals surface area contributed by atoms with Crippen LogP contribution in [0.5, 0.6) is 0 Å². The smallest absolute Gasteiger partial charge is 0.252 e. The van der Waals surface area contributed by atoms with Crippen LogP contribution in [-0.4, -0.2) is 60.6 Å². The summed E-state index contributed by atoms with van der Waals surface area (Å²) in [5.74, 6) is -1.53. The third-order valence-corrected chi connectivity index (χ3v) is 4.07. The molecule has 1 fully saturated rings. The van der Waals surface area contributed by atoms with E-state index in [1.807, 2.05) is 6.92 Å². The van der Waals surface area contributed by atoms with Crippen molar-refractivity contribution in [2.75, 3.05) is 26.2 Å². The van der Waals surface area contributed by atoms with Gasteiger partial charge in [-0.3, -0.25) is 24.1 Å². The lowest BCUT2D eigenvalue weighted by Crippen LogP contribution is -2.56. The highest BCUT2D eigenvalue weighted by molar-refractivity contribution is 6.07. The molecule has 0 spiro atoms. The normalized spacial score (nSPS) is 16.2. The molecule has 1 aromatic carbocycles. The first-order chi connectivity index (χ1) is 13.4. The van der Waals surface area contributed by atoms with Gasteiger partial charge in [0.1, 0.15) is 6.04 Å². The lowest BCUT2D eigenvalue weighted by atomic mass is 10.0. The zero-order chi connectivity index (χ0) is 20.9. The van der Waals surface area contributed by atoms with Gasteiger partial charge in [0, 0.05) is 12.0 Å². The molecule has 28 heavy (non-hydrogen) atoms. The largest absolute Gasteiger partial charge is 0.343 e. The molecule has 1 heterocycles. The maximum absolute atomic E-state index is 12.4. The molecule has 0 saturated carbocycles. The quantitative estimate of drug-likeness (QED) is 0.438. The molecule has 0 aliphatic carbocycles. The first kappa shape index (κ1) is 23.5. The number of benzene rings is 1. The van der Waals surface area contributed by atoms with Crippen molar-refractivity contribution in [2.24, 2.45) is 5.73 Å². The van der Waals surface area contributed by atoms with E-state index >= 15 is 0 Å². The van der Waals surface area contributed by atoms with Gasteiger partial charge in [0.2, 0.25) is 11.8 Å². The summed E-state index contributed by atoms with van der Waals surface area (Å²) in [6, 6.07) is 7.73. The van der Waals surface area contributed by atoms with E-state index in [-0.39, 0.29) is 43.5 Å². The number of hydrogen-bond acceptors (Lipinski definition) is 6. The molecular formula is C20H30N4O4. The van der Waals surface area contributed by atoms with Crippen molar-refractivity contribution >= 4 is 23.5 Å². The minimum atomic E-state index is -0.766. The first-order valence-corrected chi connectivity index (χ1v) is 9.57. The number of imide groups is 1. The van der Waals surface area contributed by atoms with Crippen molar-refractivity contribution in [1.29, 1.82) is 0 Å².